The Hall–Kier alpha value is -3.40. The van der Waals surface area contributed by atoms with Crippen molar-refractivity contribution in [3.8, 4) is 11.1 Å². The van der Waals surface area contributed by atoms with Crippen LogP contribution in [0.5, 0.6) is 0 Å². The summed E-state index contributed by atoms with van der Waals surface area (Å²) in [5.74, 6) is -0.885. The van der Waals surface area contributed by atoms with Crippen molar-refractivity contribution < 1.29 is 14.3 Å². The average Bonchev–Trinajstić information content (AvgIpc) is 2.66. The van der Waals surface area contributed by atoms with E-state index in [0.717, 1.165) is 22.3 Å². The number of para-hydroxylation sites is 1. The highest BCUT2D eigenvalue weighted by Gasteiger charge is 2.13. The lowest BCUT2D eigenvalue weighted by Gasteiger charge is -2.12. The fourth-order valence-corrected chi connectivity index (χ4v) is 2.95. The molecular weight excluding hydrogens is 338 g/mol. The Morgan fingerprint density at radius 3 is 2.19 bits per heavy atom. The van der Waals surface area contributed by atoms with Crippen LogP contribution in [0.25, 0.3) is 11.1 Å². The molecule has 0 bridgehead atoms. The number of amides is 1. The Morgan fingerprint density at radius 2 is 1.48 bits per heavy atom. The minimum atomic E-state index is -0.506. The number of ether oxygens (including phenoxy) is 1. The number of rotatable bonds is 5. The molecule has 0 fully saturated rings. The number of esters is 1. The molecule has 0 atom stereocenters. The second-order valence-corrected chi connectivity index (χ2v) is 6.41. The van der Waals surface area contributed by atoms with E-state index in [2.05, 4.69) is 5.32 Å². The first-order valence-electron chi connectivity index (χ1n) is 8.72. The van der Waals surface area contributed by atoms with Crippen LogP contribution in [-0.2, 0) is 9.53 Å². The highest BCUT2D eigenvalue weighted by Crippen LogP contribution is 2.27. The SMILES string of the molecule is Cc1cc(C)cc(C(=O)OCC(=O)Nc2ccccc2-c2ccccc2)c1. The van der Waals surface area contributed by atoms with E-state index in [1.807, 2.05) is 74.5 Å². The minimum absolute atomic E-state index is 0.338. The molecule has 3 rings (SSSR count). The van der Waals surface area contributed by atoms with Crippen molar-refractivity contribution in [2.24, 2.45) is 0 Å². The van der Waals surface area contributed by atoms with Crippen molar-refractivity contribution >= 4 is 17.6 Å². The smallest absolute Gasteiger partial charge is 0.338 e. The van der Waals surface area contributed by atoms with Crippen LogP contribution in [0.4, 0.5) is 5.69 Å². The van der Waals surface area contributed by atoms with Crippen LogP contribution in [0.1, 0.15) is 21.5 Å². The summed E-state index contributed by atoms with van der Waals surface area (Å²) in [6.45, 7) is 3.49. The van der Waals surface area contributed by atoms with Crippen molar-refractivity contribution in [2.75, 3.05) is 11.9 Å². The van der Waals surface area contributed by atoms with Crippen molar-refractivity contribution in [2.45, 2.75) is 13.8 Å². The van der Waals surface area contributed by atoms with Crippen LogP contribution in [0.2, 0.25) is 0 Å². The van der Waals surface area contributed by atoms with Crippen LogP contribution in [0.15, 0.2) is 72.8 Å². The summed E-state index contributed by atoms with van der Waals surface area (Å²) in [5, 5.41) is 2.82. The van der Waals surface area contributed by atoms with Crippen LogP contribution >= 0.6 is 0 Å². The molecule has 4 heteroatoms. The minimum Gasteiger partial charge on any atom is -0.452 e. The Morgan fingerprint density at radius 1 is 0.852 bits per heavy atom. The van der Waals surface area contributed by atoms with Crippen molar-refractivity contribution in [1.82, 2.24) is 0 Å². The zero-order chi connectivity index (χ0) is 19.2. The highest BCUT2D eigenvalue weighted by atomic mass is 16.5. The third-order valence-electron chi connectivity index (χ3n) is 4.08. The normalized spacial score (nSPS) is 10.3. The molecule has 0 aromatic heterocycles. The van der Waals surface area contributed by atoms with Gasteiger partial charge in [-0.25, -0.2) is 4.79 Å². The fraction of sp³-hybridized carbons (Fsp3) is 0.130. The molecule has 0 aliphatic rings. The summed E-state index contributed by atoms with van der Waals surface area (Å²) in [4.78, 5) is 24.5. The first-order chi connectivity index (χ1) is 13.0. The summed E-state index contributed by atoms with van der Waals surface area (Å²) in [6.07, 6.45) is 0. The van der Waals surface area contributed by atoms with E-state index in [-0.39, 0.29) is 12.5 Å². The number of nitrogens with one attached hydrogen (secondary N) is 1. The predicted molar refractivity (Wildman–Crippen MR) is 107 cm³/mol. The summed E-state index contributed by atoms with van der Waals surface area (Å²) in [7, 11) is 0. The van der Waals surface area contributed by atoms with Crippen LogP contribution in [-0.4, -0.2) is 18.5 Å². The fourth-order valence-electron chi connectivity index (χ4n) is 2.95. The number of carbonyl (C=O) groups is 2. The molecule has 0 radical (unpaired) electrons. The molecule has 0 unspecified atom stereocenters. The zero-order valence-electron chi connectivity index (χ0n) is 15.4. The standard InChI is InChI=1S/C23H21NO3/c1-16-12-17(2)14-19(13-16)23(26)27-15-22(25)24-21-11-7-6-10-20(21)18-8-4-3-5-9-18/h3-14H,15H2,1-2H3,(H,24,25). The molecular formula is C23H21NO3. The molecule has 0 saturated carbocycles. The quantitative estimate of drug-likeness (QED) is 0.668. The number of carbonyl (C=O) groups excluding carboxylic acids is 2. The molecule has 0 heterocycles. The van der Waals surface area contributed by atoms with Crippen LogP contribution in [0.3, 0.4) is 0 Å². The van der Waals surface area contributed by atoms with Gasteiger partial charge in [-0.05, 0) is 37.6 Å². The second-order valence-electron chi connectivity index (χ2n) is 6.41. The Labute approximate surface area is 158 Å². The maximum Gasteiger partial charge on any atom is 0.338 e. The summed E-state index contributed by atoms with van der Waals surface area (Å²) in [6, 6.07) is 22.8. The zero-order valence-corrected chi connectivity index (χ0v) is 15.4. The van der Waals surface area contributed by atoms with E-state index in [9.17, 15) is 9.59 Å². The van der Waals surface area contributed by atoms with Gasteiger partial charge >= 0.3 is 5.97 Å². The average molecular weight is 359 g/mol. The maximum absolute atomic E-state index is 12.3. The molecule has 1 N–H and O–H groups in total. The lowest BCUT2D eigenvalue weighted by molar-refractivity contribution is -0.119. The van der Waals surface area contributed by atoms with E-state index in [1.54, 1.807) is 12.1 Å². The number of benzene rings is 3. The molecule has 0 aliphatic heterocycles. The van der Waals surface area contributed by atoms with Gasteiger partial charge < -0.3 is 10.1 Å². The van der Waals surface area contributed by atoms with Gasteiger partial charge in [0.1, 0.15) is 0 Å². The lowest BCUT2D eigenvalue weighted by atomic mass is 10.0. The Balaban J connectivity index is 1.66. The predicted octanol–water partition coefficient (Wildman–Crippen LogP) is 4.77. The number of hydrogen-bond acceptors (Lipinski definition) is 3. The summed E-state index contributed by atoms with van der Waals surface area (Å²) >= 11 is 0. The molecule has 0 aliphatic carbocycles. The Bertz CT molecular complexity index is 944. The summed E-state index contributed by atoms with van der Waals surface area (Å²) in [5.41, 5.74) is 4.99. The highest BCUT2D eigenvalue weighted by molar-refractivity contribution is 5.98. The lowest BCUT2D eigenvalue weighted by Crippen LogP contribution is -2.21. The van der Waals surface area contributed by atoms with Gasteiger partial charge in [0.25, 0.3) is 5.91 Å². The van der Waals surface area contributed by atoms with Crippen molar-refractivity contribution in [3.63, 3.8) is 0 Å². The summed E-state index contributed by atoms with van der Waals surface area (Å²) < 4.78 is 5.17. The number of anilines is 1. The van der Waals surface area contributed by atoms with Gasteiger partial charge in [-0.3, -0.25) is 4.79 Å². The monoisotopic (exact) mass is 359 g/mol. The molecule has 4 nitrogen and oxygen atoms in total. The van der Waals surface area contributed by atoms with Crippen LogP contribution < -0.4 is 5.32 Å². The molecule has 3 aromatic rings. The van der Waals surface area contributed by atoms with Gasteiger partial charge in [-0.1, -0.05) is 65.7 Å². The van der Waals surface area contributed by atoms with E-state index in [1.165, 1.54) is 0 Å². The number of hydrogen-bond donors (Lipinski definition) is 1. The largest absolute Gasteiger partial charge is 0.452 e. The molecule has 1 amide bonds. The first-order valence-corrected chi connectivity index (χ1v) is 8.72. The van der Waals surface area contributed by atoms with Crippen LogP contribution in [0, 0.1) is 13.8 Å². The molecule has 27 heavy (non-hydrogen) atoms. The van der Waals surface area contributed by atoms with E-state index < -0.39 is 5.97 Å². The third-order valence-corrected chi connectivity index (χ3v) is 4.08. The van der Waals surface area contributed by atoms with Gasteiger partial charge in [0, 0.05) is 11.3 Å². The van der Waals surface area contributed by atoms with Crippen molar-refractivity contribution in [1.29, 1.82) is 0 Å². The first kappa shape index (κ1) is 18.4. The van der Waals surface area contributed by atoms with Gasteiger partial charge in [0.15, 0.2) is 6.61 Å². The maximum atomic E-state index is 12.3. The topological polar surface area (TPSA) is 55.4 Å². The number of aryl methyl sites for hydroxylation is 2. The van der Waals surface area contributed by atoms with Crippen molar-refractivity contribution in [3.05, 3.63) is 89.5 Å². The van der Waals surface area contributed by atoms with E-state index >= 15 is 0 Å². The molecule has 3 aromatic carbocycles. The molecule has 0 saturated heterocycles. The molecule has 136 valence electrons. The molecule has 0 spiro atoms. The van der Waals surface area contributed by atoms with Gasteiger partial charge in [-0.15, -0.1) is 0 Å². The van der Waals surface area contributed by atoms with Gasteiger partial charge in [-0.2, -0.15) is 0 Å². The Kier molecular flexibility index (Phi) is 5.67. The van der Waals surface area contributed by atoms with E-state index in [4.69, 9.17) is 4.74 Å². The van der Waals surface area contributed by atoms with Gasteiger partial charge in [0.2, 0.25) is 0 Å². The van der Waals surface area contributed by atoms with E-state index in [0.29, 0.717) is 11.3 Å². The third kappa shape index (κ3) is 4.82. The van der Waals surface area contributed by atoms with Gasteiger partial charge in [0.05, 0.1) is 5.56 Å². The second kappa shape index (κ2) is 8.32.